The highest BCUT2D eigenvalue weighted by atomic mass is 31.2. The van der Waals surface area contributed by atoms with Gasteiger partial charge in [-0.05, 0) is 70.6 Å². The van der Waals surface area contributed by atoms with Crippen molar-refractivity contribution < 1.29 is 42.1 Å². The van der Waals surface area contributed by atoms with Crippen LogP contribution in [0.2, 0.25) is 0 Å². The van der Waals surface area contributed by atoms with Gasteiger partial charge in [-0.25, -0.2) is 0 Å². The van der Waals surface area contributed by atoms with Crippen molar-refractivity contribution in [2.75, 3.05) is 47.5 Å². The lowest BCUT2D eigenvalue weighted by Crippen LogP contribution is -2.37. The van der Waals surface area contributed by atoms with Crippen LogP contribution in [-0.4, -0.2) is 70.0 Å². The lowest BCUT2D eigenvalue weighted by Gasteiger charge is -2.28. The summed E-state index contributed by atoms with van der Waals surface area (Å²) in [4.78, 5) is 37.8. The van der Waals surface area contributed by atoms with Crippen LogP contribution in [0.4, 0.5) is 0 Å². The number of phosphoric acid groups is 1. The molecule has 10 heteroatoms. The molecule has 0 fully saturated rings. The Morgan fingerprint density at radius 1 is 0.444 bits per heavy atom. The number of carbonyl (C=O) groups excluding carboxylic acids is 2. The number of ether oxygens (including phenoxy) is 2. The van der Waals surface area contributed by atoms with Crippen LogP contribution in [0.5, 0.6) is 0 Å². The smallest absolute Gasteiger partial charge is 0.306 e. The quantitative estimate of drug-likeness (QED) is 0.0195. The second-order valence-electron chi connectivity index (χ2n) is 20.6. The Bertz CT molecular complexity index is 1490. The summed E-state index contributed by atoms with van der Waals surface area (Å²) in [6.07, 6.45) is 70.6. The summed E-state index contributed by atoms with van der Waals surface area (Å²) < 4.78 is 34.1. The third-order valence-electron chi connectivity index (χ3n) is 12.4. The maximum atomic E-state index is 12.8. The fourth-order valence-corrected chi connectivity index (χ4v) is 8.66. The molecule has 0 aliphatic heterocycles. The second-order valence-corrected chi connectivity index (χ2v) is 22.0. The van der Waals surface area contributed by atoms with Crippen LogP contribution in [0.3, 0.4) is 0 Å². The number of carbonyl (C=O) groups is 2. The molecule has 0 bridgehead atoms. The Balaban J connectivity index is 4.12. The van der Waals surface area contributed by atoms with Crippen LogP contribution in [0.15, 0.2) is 85.1 Å². The zero-order valence-electron chi connectivity index (χ0n) is 47.1. The minimum Gasteiger partial charge on any atom is -0.756 e. The van der Waals surface area contributed by atoms with Crippen LogP contribution in [0, 0.1) is 0 Å². The first-order chi connectivity index (χ1) is 35.0. The highest BCUT2D eigenvalue weighted by molar-refractivity contribution is 7.45. The van der Waals surface area contributed by atoms with E-state index in [1.807, 2.05) is 21.1 Å². The first kappa shape index (κ1) is 69.2. The van der Waals surface area contributed by atoms with E-state index in [2.05, 4.69) is 98.9 Å². The van der Waals surface area contributed by atoms with Gasteiger partial charge >= 0.3 is 11.9 Å². The van der Waals surface area contributed by atoms with Crippen molar-refractivity contribution >= 4 is 19.8 Å². The topological polar surface area (TPSA) is 111 Å². The third kappa shape index (κ3) is 56.5. The molecular formula is C62H110NO8P. The molecule has 2 unspecified atom stereocenters. The SMILES string of the molecule is CC/C=C\C/C=C\C/C=C\C/C=C\C/C=C\C/C=C\C/C=C\CCCCCCCCCCCCCC(=O)OC(COC(=O)CCCCCCCCCCCCCCCCC)COP(=O)([O-])OCC[N+](C)(C)C. The van der Waals surface area contributed by atoms with Crippen molar-refractivity contribution in [2.24, 2.45) is 0 Å². The number of hydrogen-bond acceptors (Lipinski definition) is 8. The van der Waals surface area contributed by atoms with E-state index in [0.717, 1.165) is 89.9 Å². The van der Waals surface area contributed by atoms with Crippen molar-refractivity contribution in [1.82, 2.24) is 0 Å². The highest BCUT2D eigenvalue weighted by Crippen LogP contribution is 2.38. The van der Waals surface area contributed by atoms with Crippen LogP contribution in [0.25, 0.3) is 0 Å². The van der Waals surface area contributed by atoms with Gasteiger partial charge in [0.05, 0.1) is 27.7 Å². The molecule has 0 aromatic heterocycles. The summed E-state index contributed by atoms with van der Waals surface area (Å²) in [7, 11) is 1.16. The van der Waals surface area contributed by atoms with Crippen molar-refractivity contribution in [3.05, 3.63) is 85.1 Å². The molecule has 0 N–H and O–H groups in total. The van der Waals surface area contributed by atoms with Gasteiger partial charge in [-0.2, -0.15) is 0 Å². The molecule has 0 amide bonds. The number of hydrogen-bond donors (Lipinski definition) is 0. The van der Waals surface area contributed by atoms with E-state index in [-0.39, 0.29) is 32.0 Å². The number of allylic oxidation sites excluding steroid dienone is 14. The molecule has 0 spiro atoms. The number of nitrogens with zero attached hydrogens (tertiary/aromatic N) is 1. The lowest BCUT2D eigenvalue weighted by atomic mass is 10.0. The Labute approximate surface area is 443 Å². The maximum absolute atomic E-state index is 12.8. The van der Waals surface area contributed by atoms with Gasteiger partial charge in [0.1, 0.15) is 19.8 Å². The summed E-state index contributed by atoms with van der Waals surface area (Å²) in [5.41, 5.74) is 0. The van der Waals surface area contributed by atoms with Crippen LogP contribution < -0.4 is 4.89 Å². The zero-order valence-corrected chi connectivity index (χ0v) is 48.0. The Kier molecular flexibility index (Phi) is 51.0. The molecule has 0 aromatic carbocycles. The number of likely N-dealkylation sites (N-methyl/N-ethyl adjacent to an activating group) is 1. The number of quaternary nitrogens is 1. The van der Waals surface area contributed by atoms with Gasteiger partial charge in [0.25, 0.3) is 7.82 Å². The van der Waals surface area contributed by atoms with Gasteiger partial charge in [0.15, 0.2) is 6.10 Å². The molecule has 0 rings (SSSR count). The van der Waals surface area contributed by atoms with Crippen LogP contribution >= 0.6 is 7.82 Å². The van der Waals surface area contributed by atoms with E-state index in [0.29, 0.717) is 17.4 Å². The van der Waals surface area contributed by atoms with Gasteiger partial charge < -0.3 is 27.9 Å². The lowest BCUT2D eigenvalue weighted by molar-refractivity contribution is -0.870. The summed E-state index contributed by atoms with van der Waals surface area (Å²) in [5.74, 6) is -0.833. The predicted octanol–water partition coefficient (Wildman–Crippen LogP) is 17.6. The van der Waals surface area contributed by atoms with Gasteiger partial charge in [-0.15, -0.1) is 0 Å². The summed E-state index contributed by atoms with van der Waals surface area (Å²) in [6.45, 7) is 4.13. The minimum atomic E-state index is -4.64. The van der Waals surface area contributed by atoms with Crippen molar-refractivity contribution in [3.8, 4) is 0 Å². The Morgan fingerprint density at radius 2 is 0.792 bits per heavy atom. The Hall–Kier alpha value is -2.81. The molecule has 0 aliphatic carbocycles. The second kappa shape index (κ2) is 53.0. The number of phosphoric ester groups is 1. The summed E-state index contributed by atoms with van der Waals surface area (Å²) in [6, 6.07) is 0. The predicted molar refractivity (Wildman–Crippen MR) is 305 cm³/mol. The average Bonchev–Trinajstić information content (AvgIpc) is 3.34. The van der Waals surface area contributed by atoms with E-state index in [9.17, 15) is 19.0 Å². The first-order valence-electron chi connectivity index (χ1n) is 29.3. The standard InChI is InChI=1S/C62H110NO8P/c1-6-8-10-12-14-16-18-20-22-23-24-25-26-27-28-29-30-31-32-33-34-35-36-37-38-39-41-43-45-47-49-51-53-55-62(65)71-60(59-70-72(66,67)69-57-56-63(3,4)5)58-68-61(64)54-52-50-48-46-44-42-40-21-19-17-15-13-11-9-7-2/h8,10,14,16,20,22,24-25,27-28,30-31,33-34,60H,6-7,9,11-13,15,17-19,21,23,26,29,32,35-59H2,1-5H3/b10-8-,16-14-,22-20-,25-24-,28-27-,31-30-,34-33-. The molecule has 0 radical (unpaired) electrons. The van der Waals surface area contributed by atoms with E-state index < -0.39 is 26.5 Å². The van der Waals surface area contributed by atoms with Gasteiger partial charge in [0, 0.05) is 12.8 Å². The van der Waals surface area contributed by atoms with Gasteiger partial charge in [-0.3, -0.25) is 14.2 Å². The largest absolute Gasteiger partial charge is 0.756 e. The molecule has 9 nitrogen and oxygen atoms in total. The normalized spacial score (nSPS) is 13.9. The molecule has 0 heterocycles. The monoisotopic (exact) mass is 1030 g/mol. The average molecular weight is 1030 g/mol. The summed E-state index contributed by atoms with van der Waals surface area (Å²) in [5, 5.41) is 0. The highest BCUT2D eigenvalue weighted by Gasteiger charge is 2.22. The summed E-state index contributed by atoms with van der Waals surface area (Å²) >= 11 is 0. The van der Waals surface area contributed by atoms with E-state index in [1.165, 1.54) is 122 Å². The van der Waals surface area contributed by atoms with Gasteiger partial charge in [0.2, 0.25) is 0 Å². The van der Waals surface area contributed by atoms with E-state index in [1.54, 1.807) is 0 Å². The Morgan fingerprint density at radius 3 is 1.18 bits per heavy atom. The minimum absolute atomic E-state index is 0.0330. The molecule has 72 heavy (non-hydrogen) atoms. The fraction of sp³-hybridized carbons (Fsp3) is 0.742. The maximum Gasteiger partial charge on any atom is 0.306 e. The van der Waals surface area contributed by atoms with Crippen molar-refractivity contribution in [3.63, 3.8) is 0 Å². The number of esters is 2. The molecule has 2 atom stereocenters. The van der Waals surface area contributed by atoms with E-state index >= 15 is 0 Å². The molecule has 0 aromatic rings. The molecule has 0 saturated carbocycles. The van der Waals surface area contributed by atoms with Gasteiger partial charge in [-0.1, -0.05) is 247 Å². The number of unbranched alkanes of at least 4 members (excludes halogenated alkanes) is 25. The first-order valence-corrected chi connectivity index (χ1v) is 30.8. The molecule has 416 valence electrons. The zero-order chi connectivity index (χ0) is 52.7. The van der Waals surface area contributed by atoms with E-state index in [4.69, 9.17) is 18.5 Å². The van der Waals surface area contributed by atoms with Crippen molar-refractivity contribution in [2.45, 2.75) is 251 Å². The van der Waals surface area contributed by atoms with Crippen molar-refractivity contribution in [1.29, 1.82) is 0 Å². The third-order valence-corrected chi connectivity index (χ3v) is 13.4. The molecule has 0 aliphatic rings. The molecular weight excluding hydrogens is 918 g/mol. The molecule has 0 saturated heterocycles. The number of rotatable bonds is 53. The fourth-order valence-electron chi connectivity index (χ4n) is 7.93. The van der Waals surface area contributed by atoms with Crippen LogP contribution in [-0.2, 0) is 32.7 Å². The van der Waals surface area contributed by atoms with Crippen LogP contribution in [0.1, 0.15) is 245 Å².